The molecule has 0 aliphatic heterocycles. The molecular weight excluding hydrogens is 274 g/mol. The van der Waals surface area contributed by atoms with Gasteiger partial charge in [-0.1, -0.05) is 13.8 Å². The number of rotatable bonds is 6. The molecule has 0 saturated carbocycles. The number of ether oxygens (including phenoxy) is 1. The zero-order chi connectivity index (χ0) is 15.4. The van der Waals surface area contributed by atoms with Crippen molar-refractivity contribution in [1.82, 2.24) is 5.32 Å². The minimum atomic E-state index is -0.189. The van der Waals surface area contributed by atoms with E-state index in [-0.39, 0.29) is 18.1 Å². The summed E-state index contributed by atoms with van der Waals surface area (Å²) < 4.78 is 5.77. The molecule has 1 amide bonds. The van der Waals surface area contributed by atoms with Crippen molar-refractivity contribution < 1.29 is 9.53 Å². The number of nitrogen functional groups attached to an aromatic ring is 1. The lowest BCUT2D eigenvalue weighted by Crippen LogP contribution is -2.21. The number of hydrogen-bond acceptors (Lipinski definition) is 5. The number of thiophene rings is 1. The second-order valence-corrected chi connectivity index (χ2v) is 6.45. The predicted molar refractivity (Wildman–Crippen MR) is 85.8 cm³/mol. The van der Waals surface area contributed by atoms with Crippen LogP contribution < -0.4 is 21.1 Å². The number of carbonyl (C=O) groups is 1. The molecule has 0 spiro atoms. The molecule has 114 valence electrons. The number of carbonyl (C=O) groups excluding carboxylic acids is 1. The molecule has 0 saturated heterocycles. The molecule has 6 heteroatoms. The molecule has 0 aromatic carbocycles. The number of nitrogens with two attached hydrogens (primary N) is 1. The van der Waals surface area contributed by atoms with Crippen LogP contribution in [0.3, 0.4) is 0 Å². The van der Waals surface area contributed by atoms with Gasteiger partial charge in [0.1, 0.15) is 15.6 Å². The SMILES string of the molecule is CNC(=O)c1sc(NC(C)C(C)C)c(OC(C)C)c1N. The van der Waals surface area contributed by atoms with Gasteiger partial charge < -0.3 is 21.1 Å². The van der Waals surface area contributed by atoms with E-state index in [9.17, 15) is 4.79 Å². The van der Waals surface area contributed by atoms with Crippen LogP contribution in [-0.2, 0) is 0 Å². The van der Waals surface area contributed by atoms with E-state index < -0.39 is 0 Å². The van der Waals surface area contributed by atoms with Crippen molar-refractivity contribution >= 4 is 27.9 Å². The fourth-order valence-corrected chi connectivity index (χ4v) is 2.63. The lowest BCUT2D eigenvalue weighted by molar-refractivity contribution is 0.0967. The van der Waals surface area contributed by atoms with E-state index in [0.29, 0.717) is 22.2 Å². The molecule has 0 bridgehead atoms. The number of nitrogens with one attached hydrogen (secondary N) is 2. The first-order valence-corrected chi connectivity index (χ1v) is 7.67. The third-order valence-corrected chi connectivity index (χ3v) is 4.16. The van der Waals surface area contributed by atoms with Gasteiger partial charge in [-0.3, -0.25) is 4.79 Å². The van der Waals surface area contributed by atoms with Crippen molar-refractivity contribution in [2.24, 2.45) is 5.92 Å². The van der Waals surface area contributed by atoms with Crippen LogP contribution in [-0.4, -0.2) is 25.1 Å². The van der Waals surface area contributed by atoms with E-state index in [1.165, 1.54) is 11.3 Å². The largest absolute Gasteiger partial charge is 0.486 e. The third kappa shape index (κ3) is 3.79. The standard InChI is InChI=1S/C14H25N3O2S/c1-7(2)9(5)17-14-11(19-8(3)4)10(15)12(20-14)13(18)16-6/h7-9,17H,15H2,1-6H3,(H,16,18). The van der Waals surface area contributed by atoms with Crippen LogP contribution in [0.5, 0.6) is 5.75 Å². The molecule has 1 rings (SSSR count). The molecule has 20 heavy (non-hydrogen) atoms. The fraction of sp³-hybridized carbons (Fsp3) is 0.643. The minimum absolute atomic E-state index is 0.000608. The molecule has 5 nitrogen and oxygen atoms in total. The number of amides is 1. The van der Waals surface area contributed by atoms with Gasteiger partial charge in [-0.2, -0.15) is 0 Å². The van der Waals surface area contributed by atoms with Crippen molar-refractivity contribution in [3.63, 3.8) is 0 Å². The Kier molecular flexibility index (Phi) is 5.68. The molecule has 1 aromatic rings. The molecule has 0 aliphatic carbocycles. The molecule has 4 N–H and O–H groups in total. The Balaban J connectivity index is 3.16. The Labute approximate surface area is 124 Å². The predicted octanol–water partition coefficient (Wildman–Crippen LogP) is 2.93. The molecule has 0 aliphatic rings. The van der Waals surface area contributed by atoms with Gasteiger partial charge in [-0.05, 0) is 26.7 Å². The van der Waals surface area contributed by atoms with Gasteiger partial charge >= 0.3 is 0 Å². The summed E-state index contributed by atoms with van der Waals surface area (Å²) in [5, 5.41) is 6.80. The van der Waals surface area contributed by atoms with Crippen LogP contribution in [0.1, 0.15) is 44.3 Å². The van der Waals surface area contributed by atoms with E-state index in [0.717, 1.165) is 5.00 Å². The highest BCUT2D eigenvalue weighted by Crippen LogP contribution is 2.43. The number of anilines is 2. The van der Waals surface area contributed by atoms with E-state index in [1.54, 1.807) is 7.05 Å². The Morgan fingerprint density at radius 3 is 2.30 bits per heavy atom. The topological polar surface area (TPSA) is 76.4 Å². The van der Waals surface area contributed by atoms with Gasteiger partial charge in [-0.25, -0.2) is 0 Å². The van der Waals surface area contributed by atoms with Crippen LogP contribution in [0.25, 0.3) is 0 Å². The summed E-state index contributed by atoms with van der Waals surface area (Å²) in [5.41, 5.74) is 6.47. The van der Waals surface area contributed by atoms with Gasteiger partial charge in [0, 0.05) is 13.1 Å². The van der Waals surface area contributed by atoms with Crippen LogP contribution in [0.2, 0.25) is 0 Å². The Bertz CT molecular complexity index is 469. The molecule has 0 fully saturated rings. The molecular formula is C14H25N3O2S. The highest BCUT2D eigenvalue weighted by molar-refractivity contribution is 7.19. The second-order valence-electron chi connectivity index (χ2n) is 5.43. The molecule has 1 unspecified atom stereocenters. The first-order valence-electron chi connectivity index (χ1n) is 6.85. The first-order chi connectivity index (χ1) is 9.27. The van der Waals surface area contributed by atoms with Crippen LogP contribution in [0.15, 0.2) is 0 Å². The van der Waals surface area contributed by atoms with Crippen molar-refractivity contribution in [1.29, 1.82) is 0 Å². The summed E-state index contributed by atoms with van der Waals surface area (Å²) in [7, 11) is 1.59. The van der Waals surface area contributed by atoms with E-state index in [2.05, 4.69) is 31.4 Å². The van der Waals surface area contributed by atoms with E-state index >= 15 is 0 Å². The highest BCUT2D eigenvalue weighted by Gasteiger charge is 2.23. The Morgan fingerprint density at radius 2 is 1.85 bits per heavy atom. The highest BCUT2D eigenvalue weighted by atomic mass is 32.1. The summed E-state index contributed by atoms with van der Waals surface area (Å²) in [6.07, 6.45) is -0.000608. The van der Waals surface area contributed by atoms with E-state index in [4.69, 9.17) is 10.5 Å². The van der Waals surface area contributed by atoms with Crippen LogP contribution in [0, 0.1) is 5.92 Å². The summed E-state index contributed by atoms with van der Waals surface area (Å²) >= 11 is 1.33. The van der Waals surface area contributed by atoms with Gasteiger partial charge in [0.15, 0.2) is 5.75 Å². The fourth-order valence-electron chi connectivity index (χ4n) is 1.53. The molecule has 0 radical (unpaired) electrons. The average molecular weight is 299 g/mol. The van der Waals surface area contributed by atoms with Crippen LogP contribution >= 0.6 is 11.3 Å². The summed E-state index contributed by atoms with van der Waals surface area (Å²) in [6.45, 7) is 10.2. The van der Waals surface area contributed by atoms with Gasteiger partial charge in [0.05, 0.1) is 6.10 Å². The zero-order valence-corrected chi connectivity index (χ0v) is 13.9. The molecule has 1 heterocycles. The molecule has 1 atom stereocenters. The Hall–Kier alpha value is -1.43. The van der Waals surface area contributed by atoms with Crippen molar-refractivity contribution in [2.45, 2.75) is 46.8 Å². The van der Waals surface area contributed by atoms with Crippen molar-refractivity contribution in [3.05, 3.63) is 4.88 Å². The maximum atomic E-state index is 11.8. The lowest BCUT2D eigenvalue weighted by Gasteiger charge is -2.19. The summed E-state index contributed by atoms with van der Waals surface area (Å²) in [4.78, 5) is 12.3. The second kappa shape index (κ2) is 6.83. The summed E-state index contributed by atoms with van der Waals surface area (Å²) in [5.74, 6) is 0.858. The lowest BCUT2D eigenvalue weighted by atomic mass is 10.1. The smallest absolute Gasteiger partial charge is 0.263 e. The van der Waals surface area contributed by atoms with Crippen molar-refractivity contribution in [3.8, 4) is 5.75 Å². The maximum Gasteiger partial charge on any atom is 0.263 e. The van der Waals surface area contributed by atoms with Gasteiger partial charge in [0.25, 0.3) is 5.91 Å². The Morgan fingerprint density at radius 1 is 1.25 bits per heavy atom. The normalized spacial score (nSPS) is 12.6. The third-order valence-electron chi connectivity index (χ3n) is 3.05. The minimum Gasteiger partial charge on any atom is -0.486 e. The number of hydrogen-bond donors (Lipinski definition) is 3. The van der Waals surface area contributed by atoms with Crippen molar-refractivity contribution in [2.75, 3.05) is 18.1 Å². The van der Waals surface area contributed by atoms with Gasteiger partial charge in [0.2, 0.25) is 0 Å². The maximum absolute atomic E-state index is 11.8. The molecule has 1 aromatic heterocycles. The summed E-state index contributed by atoms with van der Waals surface area (Å²) in [6, 6.07) is 0.264. The van der Waals surface area contributed by atoms with Gasteiger partial charge in [-0.15, -0.1) is 11.3 Å². The monoisotopic (exact) mass is 299 g/mol. The van der Waals surface area contributed by atoms with Crippen LogP contribution in [0.4, 0.5) is 10.7 Å². The zero-order valence-electron chi connectivity index (χ0n) is 13.0. The quantitative estimate of drug-likeness (QED) is 0.755. The first kappa shape index (κ1) is 16.6. The average Bonchev–Trinajstić information content (AvgIpc) is 2.66. The van der Waals surface area contributed by atoms with E-state index in [1.807, 2.05) is 13.8 Å².